The quantitative estimate of drug-likeness (QED) is 0.178. The summed E-state index contributed by atoms with van der Waals surface area (Å²) in [5, 5.41) is 23.9. The third-order valence-electron chi connectivity index (χ3n) is 11.7. The van der Waals surface area contributed by atoms with E-state index in [-0.39, 0.29) is 0 Å². The summed E-state index contributed by atoms with van der Waals surface area (Å²) in [4.78, 5) is 10.3. The molecule has 0 saturated carbocycles. The molecule has 4 aromatic heterocycles. The van der Waals surface area contributed by atoms with Gasteiger partial charge in [0.05, 0.1) is 79.7 Å². The van der Waals surface area contributed by atoms with E-state index in [1.165, 1.54) is 0 Å². The molecule has 0 amide bonds. The highest BCUT2D eigenvalue weighted by molar-refractivity contribution is 6.11. The number of ether oxygens (including phenoxy) is 1. The minimum absolute atomic E-state index is 0.612. The zero-order valence-electron chi connectivity index (χ0n) is 29.6. The minimum Gasteiger partial charge on any atom is -0.457 e. The first-order valence-corrected chi connectivity index (χ1v) is 18.4. The fourth-order valence-electron chi connectivity index (χ4n) is 9.56. The van der Waals surface area contributed by atoms with E-state index in [4.69, 9.17) is 14.7 Å². The van der Waals surface area contributed by atoms with Gasteiger partial charge in [-0.15, -0.1) is 0 Å². The van der Waals surface area contributed by atoms with Gasteiger partial charge in [-0.3, -0.25) is 9.97 Å². The second kappa shape index (κ2) is 11.0. The fourth-order valence-corrected chi connectivity index (χ4v) is 9.56. The Kier molecular flexibility index (Phi) is 5.99. The smallest absolute Gasteiger partial charge is 0.134 e. The van der Waals surface area contributed by atoms with Gasteiger partial charge >= 0.3 is 0 Å². The predicted octanol–water partition coefficient (Wildman–Crippen LogP) is 10.9. The zero-order chi connectivity index (χ0) is 37.1. The highest BCUT2D eigenvalue weighted by Gasteiger charge is 2.54. The number of rotatable bonds is 2. The van der Waals surface area contributed by atoms with Crippen LogP contribution in [-0.4, -0.2) is 19.1 Å². The van der Waals surface area contributed by atoms with Gasteiger partial charge in [-0.25, -0.2) is 0 Å². The standard InChI is InChI=1S/C49H26N6O/c50-26-29-18-20-41-34(23-29)32-9-1-4-13-39(32)54(41)31-25-38-48(53-28-31)47-37(12-8-22-52-47)49(38)36-11-3-6-16-44(36)56-45-17-7-15-43(46(45)49)55-40-14-5-2-10-33(40)35-24-30(27-51)19-21-42(35)55/h1-25,28H. The molecular formula is C49H26N6O. The van der Waals surface area contributed by atoms with E-state index in [1.807, 2.05) is 79.1 Å². The Morgan fingerprint density at radius 2 is 1.11 bits per heavy atom. The molecule has 258 valence electrons. The molecule has 56 heavy (non-hydrogen) atoms. The van der Waals surface area contributed by atoms with E-state index in [1.54, 1.807) is 0 Å². The molecule has 0 bridgehead atoms. The molecule has 0 fully saturated rings. The molecule has 5 heterocycles. The molecule has 7 nitrogen and oxygen atoms in total. The van der Waals surface area contributed by atoms with Gasteiger partial charge < -0.3 is 13.9 Å². The van der Waals surface area contributed by atoms with Gasteiger partial charge in [0.25, 0.3) is 0 Å². The number of hydrogen-bond donors (Lipinski definition) is 0. The van der Waals surface area contributed by atoms with Crippen molar-refractivity contribution in [2.45, 2.75) is 5.41 Å². The van der Waals surface area contributed by atoms with Crippen LogP contribution in [0.2, 0.25) is 0 Å². The average Bonchev–Trinajstić information content (AvgIpc) is 3.87. The molecule has 1 spiro atoms. The molecule has 0 saturated heterocycles. The number of nitrogens with zero attached hydrogens (tertiary/aromatic N) is 6. The lowest BCUT2D eigenvalue weighted by atomic mass is 9.65. The van der Waals surface area contributed by atoms with E-state index in [2.05, 4.69) is 100 Å². The van der Waals surface area contributed by atoms with Gasteiger partial charge in [-0.1, -0.05) is 66.7 Å². The van der Waals surface area contributed by atoms with Crippen LogP contribution in [0.3, 0.4) is 0 Å². The maximum absolute atomic E-state index is 9.90. The van der Waals surface area contributed by atoms with Gasteiger partial charge in [0.15, 0.2) is 0 Å². The molecular weight excluding hydrogens is 689 g/mol. The first kappa shape index (κ1) is 30.5. The van der Waals surface area contributed by atoms with Crippen molar-refractivity contribution < 1.29 is 4.74 Å². The van der Waals surface area contributed by atoms with Crippen molar-refractivity contribution in [1.82, 2.24) is 19.1 Å². The van der Waals surface area contributed by atoms with Crippen molar-refractivity contribution in [2.75, 3.05) is 0 Å². The van der Waals surface area contributed by atoms with Gasteiger partial charge in [0, 0.05) is 44.4 Å². The number of pyridine rings is 2. The molecule has 1 unspecified atom stereocenters. The van der Waals surface area contributed by atoms with Crippen LogP contribution >= 0.6 is 0 Å². The number of fused-ring (bicyclic) bond motifs is 15. The van der Waals surface area contributed by atoms with E-state index >= 15 is 0 Å². The first-order valence-electron chi connectivity index (χ1n) is 18.4. The summed E-state index contributed by atoms with van der Waals surface area (Å²) in [6.45, 7) is 0. The lowest BCUT2D eigenvalue weighted by Crippen LogP contribution is -2.33. The lowest BCUT2D eigenvalue weighted by molar-refractivity contribution is 0.435. The number of para-hydroxylation sites is 3. The van der Waals surface area contributed by atoms with Crippen molar-refractivity contribution >= 4 is 43.6 Å². The maximum atomic E-state index is 9.90. The van der Waals surface area contributed by atoms with Crippen LogP contribution < -0.4 is 4.74 Å². The van der Waals surface area contributed by atoms with Crippen LogP contribution in [0.25, 0.3) is 66.4 Å². The van der Waals surface area contributed by atoms with Crippen LogP contribution in [0.5, 0.6) is 11.5 Å². The summed E-state index contributed by atoms with van der Waals surface area (Å²) < 4.78 is 11.5. The Bertz CT molecular complexity index is 3450. The maximum Gasteiger partial charge on any atom is 0.134 e. The highest BCUT2D eigenvalue weighted by atomic mass is 16.5. The Hall–Kier alpha value is -8.00. The van der Waals surface area contributed by atoms with Crippen molar-refractivity contribution in [3.8, 4) is 46.4 Å². The third kappa shape index (κ3) is 3.78. The molecule has 0 radical (unpaired) electrons. The van der Waals surface area contributed by atoms with Crippen LogP contribution in [0.1, 0.15) is 33.4 Å². The summed E-state index contributed by atoms with van der Waals surface area (Å²) in [6.07, 6.45) is 3.78. The van der Waals surface area contributed by atoms with Gasteiger partial charge in [-0.05, 0) is 84.4 Å². The van der Waals surface area contributed by atoms with Crippen molar-refractivity contribution in [1.29, 1.82) is 10.5 Å². The largest absolute Gasteiger partial charge is 0.457 e. The van der Waals surface area contributed by atoms with E-state index < -0.39 is 5.41 Å². The zero-order valence-corrected chi connectivity index (χ0v) is 29.6. The molecule has 10 aromatic rings. The third-order valence-corrected chi connectivity index (χ3v) is 11.7. The Balaban J connectivity index is 1.23. The molecule has 1 aliphatic heterocycles. The van der Waals surface area contributed by atoms with Crippen LogP contribution in [0, 0.1) is 22.7 Å². The van der Waals surface area contributed by atoms with Crippen molar-refractivity contribution in [3.05, 3.63) is 191 Å². The predicted molar refractivity (Wildman–Crippen MR) is 218 cm³/mol. The lowest BCUT2D eigenvalue weighted by Gasteiger charge is -2.40. The molecule has 12 rings (SSSR count). The molecule has 1 aliphatic carbocycles. The van der Waals surface area contributed by atoms with Gasteiger partial charge in [0.1, 0.15) is 11.5 Å². The van der Waals surface area contributed by atoms with E-state index in [0.29, 0.717) is 11.1 Å². The topological polar surface area (TPSA) is 92.5 Å². The van der Waals surface area contributed by atoms with Gasteiger partial charge in [0.2, 0.25) is 0 Å². The van der Waals surface area contributed by atoms with Gasteiger partial charge in [-0.2, -0.15) is 10.5 Å². The number of nitriles is 2. The normalized spacial score (nSPS) is 15.0. The summed E-state index contributed by atoms with van der Waals surface area (Å²) in [5.41, 5.74) is 11.9. The Morgan fingerprint density at radius 3 is 1.86 bits per heavy atom. The second-order valence-electron chi connectivity index (χ2n) is 14.4. The van der Waals surface area contributed by atoms with Crippen molar-refractivity contribution in [2.24, 2.45) is 0 Å². The highest BCUT2D eigenvalue weighted by Crippen LogP contribution is 2.63. The first-order chi connectivity index (χ1) is 27.7. The minimum atomic E-state index is -0.889. The SMILES string of the molecule is N#Cc1ccc2c(c1)c1ccccc1n2-c1cnc2c(c1)C1(c3ccccc3Oc3cccc(-n4c5ccccc5c5cc(C#N)ccc54)c31)c1cccnc1-2. The molecule has 1 atom stereocenters. The summed E-state index contributed by atoms with van der Waals surface area (Å²) in [7, 11) is 0. The fraction of sp³-hybridized carbons (Fsp3) is 0.0204. The monoisotopic (exact) mass is 714 g/mol. The summed E-state index contributed by atoms with van der Waals surface area (Å²) in [6, 6.07) is 54.2. The number of aromatic nitrogens is 4. The average molecular weight is 715 g/mol. The summed E-state index contributed by atoms with van der Waals surface area (Å²) >= 11 is 0. The molecule has 2 aliphatic rings. The second-order valence-corrected chi connectivity index (χ2v) is 14.4. The molecule has 7 heteroatoms. The number of benzene rings is 6. The molecule has 6 aromatic carbocycles. The Labute approximate surface area is 320 Å². The number of hydrogen-bond acceptors (Lipinski definition) is 5. The van der Waals surface area contributed by atoms with Crippen LogP contribution in [0.4, 0.5) is 0 Å². The van der Waals surface area contributed by atoms with Crippen LogP contribution in [0.15, 0.2) is 158 Å². The summed E-state index contributed by atoms with van der Waals surface area (Å²) in [5.74, 6) is 1.52. The van der Waals surface area contributed by atoms with E-state index in [9.17, 15) is 10.5 Å². The Morgan fingerprint density at radius 1 is 0.500 bits per heavy atom. The van der Waals surface area contributed by atoms with E-state index in [0.717, 1.165) is 100 Å². The van der Waals surface area contributed by atoms with Crippen molar-refractivity contribution in [3.63, 3.8) is 0 Å². The van der Waals surface area contributed by atoms with Crippen LogP contribution in [-0.2, 0) is 5.41 Å². The molecule has 0 N–H and O–H groups in total.